The molecule has 8 heteroatoms. The number of aryl methyl sites for hydroxylation is 1. The van der Waals surface area contributed by atoms with Crippen LogP contribution in [0.25, 0.3) is 11.5 Å². The molecule has 1 aliphatic rings. The van der Waals surface area contributed by atoms with Crippen LogP contribution in [0, 0.1) is 6.92 Å². The minimum absolute atomic E-state index is 0.0254. The highest BCUT2D eigenvalue weighted by molar-refractivity contribution is 5.95. The number of aromatic nitrogens is 3. The molecule has 3 aromatic rings. The fourth-order valence-electron chi connectivity index (χ4n) is 2.60. The third-order valence-corrected chi connectivity index (χ3v) is 3.93. The molecule has 1 amide bonds. The van der Waals surface area contributed by atoms with Crippen molar-refractivity contribution < 1.29 is 18.5 Å². The summed E-state index contributed by atoms with van der Waals surface area (Å²) in [7, 11) is 0. The van der Waals surface area contributed by atoms with E-state index in [1.54, 1.807) is 42.5 Å². The van der Waals surface area contributed by atoms with Gasteiger partial charge in [-0.3, -0.25) is 9.78 Å². The molecule has 0 atom stereocenters. The van der Waals surface area contributed by atoms with Crippen LogP contribution in [-0.4, -0.2) is 45.1 Å². The molecule has 4 heterocycles. The molecule has 1 saturated heterocycles. The SMILES string of the molecule is Cc1noc(COC2CN(C(=O)c3ccnc(-c4ccco4)c3)C2)n1. The molecule has 3 aromatic heterocycles. The molecule has 0 bridgehead atoms. The van der Waals surface area contributed by atoms with Crippen molar-refractivity contribution in [3.8, 4) is 11.5 Å². The number of carbonyl (C=O) groups is 1. The minimum atomic E-state index is -0.0521. The van der Waals surface area contributed by atoms with Gasteiger partial charge in [0, 0.05) is 24.8 Å². The maximum absolute atomic E-state index is 12.5. The molecule has 25 heavy (non-hydrogen) atoms. The van der Waals surface area contributed by atoms with E-state index in [-0.39, 0.29) is 18.6 Å². The fourth-order valence-corrected chi connectivity index (χ4v) is 2.60. The Labute approximate surface area is 143 Å². The average molecular weight is 340 g/mol. The van der Waals surface area contributed by atoms with E-state index >= 15 is 0 Å². The Morgan fingerprint density at radius 3 is 3.00 bits per heavy atom. The highest BCUT2D eigenvalue weighted by atomic mass is 16.5. The van der Waals surface area contributed by atoms with Crippen molar-refractivity contribution in [3.63, 3.8) is 0 Å². The van der Waals surface area contributed by atoms with Crippen LogP contribution >= 0.6 is 0 Å². The van der Waals surface area contributed by atoms with Gasteiger partial charge >= 0.3 is 0 Å². The van der Waals surface area contributed by atoms with Crippen LogP contribution in [0.3, 0.4) is 0 Å². The van der Waals surface area contributed by atoms with E-state index in [9.17, 15) is 4.79 Å². The van der Waals surface area contributed by atoms with Crippen molar-refractivity contribution in [2.24, 2.45) is 0 Å². The average Bonchev–Trinajstić information content (AvgIpc) is 3.25. The van der Waals surface area contributed by atoms with Crippen molar-refractivity contribution in [3.05, 3.63) is 54.0 Å². The van der Waals surface area contributed by atoms with Gasteiger partial charge in [-0.2, -0.15) is 4.98 Å². The molecule has 0 unspecified atom stereocenters. The van der Waals surface area contributed by atoms with Crippen LogP contribution in [0.1, 0.15) is 22.1 Å². The maximum Gasteiger partial charge on any atom is 0.254 e. The first-order valence-corrected chi connectivity index (χ1v) is 7.89. The quantitative estimate of drug-likeness (QED) is 0.701. The lowest BCUT2D eigenvalue weighted by Crippen LogP contribution is -2.54. The molecule has 0 N–H and O–H groups in total. The van der Waals surface area contributed by atoms with Gasteiger partial charge < -0.3 is 18.6 Å². The summed E-state index contributed by atoms with van der Waals surface area (Å²) in [5.74, 6) is 1.60. The van der Waals surface area contributed by atoms with Crippen molar-refractivity contribution >= 4 is 5.91 Å². The van der Waals surface area contributed by atoms with Crippen LogP contribution in [0.2, 0.25) is 0 Å². The number of carbonyl (C=O) groups excluding carboxylic acids is 1. The topological polar surface area (TPSA) is 94.5 Å². The highest BCUT2D eigenvalue weighted by Crippen LogP contribution is 2.21. The Balaban J connectivity index is 1.33. The smallest absolute Gasteiger partial charge is 0.254 e. The molecule has 1 fully saturated rings. The molecule has 0 radical (unpaired) electrons. The van der Waals surface area contributed by atoms with Crippen LogP contribution in [-0.2, 0) is 11.3 Å². The Hall–Kier alpha value is -3.00. The van der Waals surface area contributed by atoms with Crippen LogP contribution < -0.4 is 0 Å². The number of furan rings is 1. The van der Waals surface area contributed by atoms with Gasteiger partial charge in [-0.25, -0.2) is 0 Å². The van der Waals surface area contributed by atoms with Crippen molar-refractivity contribution in [1.82, 2.24) is 20.0 Å². The fraction of sp³-hybridized carbons (Fsp3) is 0.294. The molecule has 0 saturated carbocycles. The highest BCUT2D eigenvalue weighted by Gasteiger charge is 2.32. The molecule has 4 rings (SSSR count). The number of nitrogens with zero attached hydrogens (tertiary/aromatic N) is 4. The monoisotopic (exact) mass is 340 g/mol. The molecule has 0 aromatic carbocycles. The second-order valence-electron chi connectivity index (χ2n) is 5.79. The molecular formula is C17H16N4O4. The first-order valence-electron chi connectivity index (χ1n) is 7.89. The van der Waals surface area contributed by atoms with E-state index in [0.29, 0.717) is 41.8 Å². The molecule has 1 aliphatic heterocycles. The van der Waals surface area contributed by atoms with E-state index in [2.05, 4.69) is 15.1 Å². The largest absolute Gasteiger partial charge is 0.463 e. The van der Waals surface area contributed by atoms with E-state index < -0.39 is 0 Å². The summed E-state index contributed by atoms with van der Waals surface area (Å²) in [4.78, 5) is 22.6. The Morgan fingerprint density at radius 1 is 1.40 bits per heavy atom. The third-order valence-electron chi connectivity index (χ3n) is 3.93. The first kappa shape index (κ1) is 15.5. The predicted molar refractivity (Wildman–Crippen MR) is 85.5 cm³/mol. The molecule has 0 aliphatic carbocycles. The van der Waals surface area contributed by atoms with Gasteiger partial charge in [0.25, 0.3) is 11.8 Å². The zero-order chi connectivity index (χ0) is 17.2. The van der Waals surface area contributed by atoms with Crippen molar-refractivity contribution in [2.45, 2.75) is 19.6 Å². The second kappa shape index (κ2) is 6.48. The summed E-state index contributed by atoms with van der Waals surface area (Å²) >= 11 is 0. The van der Waals surface area contributed by atoms with Gasteiger partial charge in [-0.15, -0.1) is 0 Å². The Morgan fingerprint density at radius 2 is 2.28 bits per heavy atom. The third kappa shape index (κ3) is 3.29. The summed E-state index contributed by atoms with van der Waals surface area (Å²) in [6, 6.07) is 7.03. The minimum Gasteiger partial charge on any atom is -0.463 e. The van der Waals surface area contributed by atoms with Gasteiger partial charge in [0.2, 0.25) is 0 Å². The molecule has 8 nitrogen and oxygen atoms in total. The molecule has 0 spiro atoms. The van der Waals surface area contributed by atoms with Gasteiger partial charge in [0.15, 0.2) is 11.6 Å². The van der Waals surface area contributed by atoms with Crippen molar-refractivity contribution in [1.29, 1.82) is 0 Å². The Kier molecular flexibility index (Phi) is 4.02. The van der Waals surface area contributed by atoms with Crippen LogP contribution in [0.15, 0.2) is 45.7 Å². The van der Waals surface area contributed by atoms with Gasteiger partial charge in [0.05, 0.1) is 12.4 Å². The van der Waals surface area contributed by atoms with E-state index in [1.807, 2.05) is 6.07 Å². The lowest BCUT2D eigenvalue weighted by molar-refractivity contribution is -0.0568. The standard InChI is InChI=1S/C17H16N4O4/c1-11-19-16(25-20-11)10-24-13-8-21(9-13)17(22)12-4-5-18-14(7-12)15-3-2-6-23-15/h2-7,13H,8-10H2,1H3. The zero-order valence-corrected chi connectivity index (χ0v) is 13.6. The zero-order valence-electron chi connectivity index (χ0n) is 13.6. The number of pyridine rings is 1. The second-order valence-corrected chi connectivity index (χ2v) is 5.79. The van der Waals surface area contributed by atoms with E-state index in [4.69, 9.17) is 13.7 Å². The summed E-state index contributed by atoms with van der Waals surface area (Å²) < 4.78 is 16.0. The number of hydrogen-bond donors (Lipinski definition) is 0. The number of amides is 1. The first-order chi connectivity index (χ1) is 12.2. The lowest BCUT2D eigenvalue weighted by atomic mass is 10.1. The van der Waals surface area contributed by atoms with Crippen LogP contribution in [0.5, 0.6) is 0 Å². The van der Waals surface area contributed by atoms with Gasteiger partial charge in [-0.05, 0) is 31.2 Å². The van der Waals surface area contributed by atoms with E-state index in [1.165, 1.54) is 0 Å². The van der Waals surface area contributed by atoms with Crippen molar-refractivity contribution in [2.75, 3.05) is 13.1 Å². The number of likely N-dealkylation sites (tertiary alicyclic amines) is 1. The summed E-state index contributed by atoms with van der Waals surface area (Å²) in [5, 5.41) is 3.71. The number of ether oxygens (including phenoxy) is 1. The normalized spacial score (nSPS) is 14.5. The molecule has 128 valence electrons. The predicted octanol–water partition coefficient (Wildman–Crippen LogP) is 2.07. The van der Waals surface area contributed by atoms with E-state index in [0.717, 1.165) is 0 Å². The summed E-state index contributed by atoms with van der Waals surface area (Å²) in [6.45, 7) is 3.07. The van der Waals surface area contributed by atoms with Gasteiger partial charge in [-0.1, -0.05) is 5.16 Å². The maximum atomic E-state index is 12.5. The lowest BCUT2D eigenvalue weighted by Gasteiger charge is -2.38. The summed E-state index contributed by atoms with van der Waals surface area (Å²) in [5.41, 5.74) is 1.21. The Bertz CT molecular complexity index is 868. The number of hydrogen-bond acceptors (Lipinski definition) is 7. The molecular weight excluding hydrogens is 324 g/mol. The summed E-state index contributed by atoms with van der Waals surface area (Å²) in [6.07, 6.45) is 3.16. The van der Waals surface area contributed by atoms with Gasteiger partial charge in [0.1, 0.15) is 12.3 Å². The number of rotatable bonds is 5. The van der Waals surface area contributed by atoms with Crippen LogP contribution in [0.4, 0.5) is 0 Å².